The summed E-state index contributed by atoms with van der Waals surface area (Å²) in [5.41, 5.74) is 1.56. The van der Waals surface area contributed by atoms with Crippen LogP contribution in [-0.4, -0.2) is 56.6 Å². The lowest BCUT2D eigenvalue weighted by Crippen LogP contribution is -2.37. The summed E-state index contributed by atoms with van der Waals surface area (Å²) in [7, 11) is 0.568. The number of fused-ring (bicyclic) bond motifs is 1. The average Bonchev–Trinajstić information content (AvgIpc) is 3.10. The minimum Gasteiger partial charge on any atom is -0.308 e. The Morgan fingerprint density at radius 3 is 2.39 bits per heavy atom. The Bertz CT molecular complexity index is 1170. The summed E-state index contributed by atoms with van der Waals surface area (Å²) in [4.78, 5) is 21.8. The fraction of sp³-hybridized carbons (Fsp3) is 0.364. The Balaban J connectivity index is 1.84. The van der Waals surface area contributed by atoms with Crippen LogP contribution < -0.4 is 4.90 Å². The van der Waals surface area contributed by atoms with Gasteiger partial charge >= 0.3 is 0 Å². The molecular weight excluding hydrogens is 454 g/mol. The average molecular weight is 480 g/mol. The maximum absolute atomic E-state index is 13.2. The molecule has 0 unspecified atom stereocenters. The third-order valence-corrected chi connectivity index (χ3v) is 8.32. The van der Waals surface area contributed by atoms with E-state index < -0.39 is 15.1 Å². The van der Waals surface area contributed by atoms with Gasteiger partial charge in [0.2, 0.25) is 5.91 Å². The molecule has 31 heavy (non-hydrogen) atoms. The van der Waals surface area contributed by atoms with Crippen LogP contribution >= 0.6 is 22.9 Å². The van der Waals surface area contributed by atoms with Crippen molar-refractivity contribution in [3.8, 4) is 0 Å². The predicted octanol–water partition coefficient (Wildman–Crippen LogP) is 4.27. The van der Waals surface area contributed by atoms with Crippen molar-refractivity contribution in [2.24, 2.45) is 0 Å². The number of thiazole rings is 1. The zero-order valence-electron chi connectivity index (χ0n) is 18.0. The SMILES string of the molecule is CC(C)S(=O)(=O)c1ccc(CC(=O)N(CCN(C)C)c2nc3ccc(Cl)cc3s2)cc1. The molecule has 3 aromatic rings. The van der Waals surface area contributed by atoms with E-state index in [1.807, 2.05) is 31.1 Å². The molecule has 1 heterocycles. The van der Waals surface area contributed by atoms with Gasteiger partial charge in [-0.25, -0.2) is 13.4 Å². The molecule has 1 aromatic heterocycles. The third kappa shape index (κ3) is 5.63. The first-order valence-corrected chi connectivity index (χ1v) is 12.7. The Morgan fingerprint density at radius 2 is 1.77 bits per heavy atom. The smallest absolute Gasteiger partial charge is 0.233 e. The van der Waals surface area contributed by atoms with Crippen LogP contribution in [0.15, 0.2) is 47.4 Å². The summed E-state index contributed by atoms with van der Waals surface area (Å²) < 4.78 is 25.6. The number of carbonyl (C=O) groups is 1. The van der Waals surface area contributed by atoms with Crippen LogP contribution in [0, 0.1) is 0 Å². The number of hydrogen-bond acceptors (Lipinski definition) is 6. The monoisotopic (exact) mass is 479 g/mol. The number of likely N-dealkylation sites (N-methyl/N-ethyl adjacent to an activating group) is 1. The van der Waals surface area contributed by atoms with Crippen LogP contribution in [0.2, 0.25) is 5.02 Å². The van der Waals surface area contributed by atoms with Gasteiger partial charge in [-0.15, -0.1) is 0 Å². The van der Waals surface area contributed by atoms with E-state index in [4.69, 9.17) is 11.6 Å². The maximum atomic E-state index is 13.2. The molecule has 0 atom stereocenters. The molecule has 1 amide bonds. The fourth-order valence-corrected chi connectivity index (χ4v) is 5.31. The number of sulfone groups is 1. The number of halogens is 1. The van der Waals surface area contributed by atoms with Crippen molar-refractivity contribution in [2.45, 2.75) is 30.4 Å². The molecule has 166 valence electrons. The zero-order valence-corrected chi connectivity index (χ0v) is 20.4. The van der Waals surface area contributed by atoms with Crippen LogP contribution in [0.25, 0.3) is 10.2 Å². The molecule has 0 radical (unpaired) electrons. The minimum absolute atomic E-state index is 0.0912. The lowest BCUT2D eigenvalue weighted by atomic mass is 10.1. The van der Waals surface area contributed by atoms with E-state index in [-0.39, 0.29) is 17.2 Å². The van der Waals surface area contributed by atoms with Crippen LogP contribution in [0.1, 0.15) is 19.4 Å². The van der Waals surface area contributed by atoms with E-state index in [0.717, 1.165) is 15.8 Å². The number of carbonyl (C=O) groups excluding carboxylic acids is 1. The Hall–Kier alpha value is -2.00. The number of anilines is 1. The van der Waals surface area contributed by atoms with Crippen molar-refractivity contribution in [3.05, 3.63) is 53.1 Å². The van der Waals surface area contributed by atoms with Gasteiger partial charge in [-0.05, 0) is 63.8 Å². The highest BCUT2D eigenvalue weighted by molar-refractivity contribution is 7.92. The second-order valence-corrected chi connectivity index (χ2v) is 11.8. The summed E-state index contributed by atoms with van der Waals surface area (Å²) in [6.07, 6.45) is 0.159. The molecule has 0 saturated heterocycles. The molecule has 0 saturated carbocycles. The van der Waals surface area contributed by atoms with E-state index in [2.05, 4.69) is 4.98 Å². The third-order valence-electron chi connectivity index (χ3n) is 4.87. The van der Waals surface area contributed by atoms with E-state index in [1.54, 1.807) is 49.1 Å². The first-order valence-electron chi connectivity index (χ1n) is 9.92. The van der Waals surface area contributed by atoms with Gasteiger partial charge in [-0.3, -0.25) is 9.69 Å². The normalized spacial score (nSPS) is 12.1. The molecule has 0 spiro atoms. The van der Waals surface area contributed by atoms with Gasteiger partial charge in [-0.2, -0.15) is 0 Å². The quantitative estimate of drug-likeness (QED) is 0.482. The molecule has 2 aromatic carbocycles. The Morgan fingerprint density at radius 1 is 1.10 bits per heavy atom. The summed E-state index contributed by atoms with van der Waals surface area (Å²) >= 11 is 7.52. The predicted molar refractivity (Wildman–Crippen MR) is 128 cm³/mol. The topological polar surface area (TPSA) is 70.6 Å². The van der Waals surface area contributed by atoms with E-state index >= 15 is 0 Å². The molecule has 0 aliphatic carbocycles. The second kappa shape index (κ2) is 9.65. The van der Waals surface area contributed by atoms with Crippen molar-refractivity contribution in [1.82, 2.24) is 9.88 Å². The van der Waals surface area contributed by atoms with E-state index in [9.17, 15) is 13.2 Å². The lowest BCUT2D eigenvalue weighted by Gasteiger charge is -2.22. The van der Waals surface area contributed by atoms with Crippen LogP contribution in [0.5, 0.6) is 0 Å². The van der Waals surface area contributed by atoms with E-state index in [1.165, 1.54) is 11.3 Å². The standard InChI is InChI=1S/C22H26ClN3O3S2/c1-15(2)31(28,29)18-8-5-16(6-9-18)13-21(27)26(12-11-25(3)4)22-24-19-10-7-17(23)14-20(19)30-22/h5-10,14-15H,11-13H2,1-4H3. The molecule has 0 aliphatic heterocycles. The minimum atomic E-state index is -3.34. The Kier molecular flexibility index (Phi) is 7.36. The first kappa shape index (κ1) is 23.7. The number of aromatic nitrogens is 1. The van der Waals surface area contributed by atoms with Gasteiger partial charge in [0.15, 0.2) is 15.0 Å². The molecular formula is C22H26ClN3O3S2. The number of benzene rings is 2. The summed E-state index contributed by atoms with van der Waals surface area (Å²) in [5, 5.41) is 0.766. The van der Waals surface area contributed by atoms with Gasteiger partial charge < -0.3 is 4.90 Å². The molecule has 0 fully saturated rings. The molecule has 0 N–H and O–H groups in total. The molecule has 9 heteroatoms. The number of hydrogen-bond donors (Lipinski definition) is 0. The van der Waals surface area contributed by atoms with Crippen molar-refractivity contribution >= 4 is 54.0 Å². The molecule has 0 aliphatic rings. The number of nitrogens with zero attached hydrogens (tertiary/aromatic N) is 3. The van der Waals surface area contributed by atoms with Crippen molar-refractivity contribution in [3.63, 3.8) is 0 Å². The zero-order chi connectivity index (χ0) is 22.8. The fourth-order valence-electron chi connectivity index (χ4n) is 2.97. The molecule has 3 rings (SSSR count). The summed E-state index contributed by atoms with van der Waals surface area (Å²) in [6.45, 7) is 4.49. The highest BCUT2D eigenvalue weighted by atomic mass is 35.5. The maximum Gasteiger partial charge on any atom is 0.233 e. The van der Waals surface area contributed by atoms with Crippen molar-refractivity contribution in [2.75, 3.05) is 32.1 Å². The number of amides is 1. The highest BCUT2D eigenvalue weighted by Crippen LogP contribution is 2.31. The van der Waals surface area contributed by atoms with Crippen molar-refractivity contribution in [1.29, 1.82) is 0 Å². The lowest BCUT2D eigenvalue weighted by molar-refractivity contribution is -0.118. The molecule has 6 nitrogen and oxygen atoms in total. The van der Waals surface area contributed by atoms with Gasteiger partial charge in [-0.1, -0.05) is 35.1 Å². The van der Waals surface area contributed by atoms with Gasteiger partial charge in [0.1, 0.15) is 0 Å². The second-order valence-electron chi connectivity index (χ2n) is 7.87. The Labute approximate surface area is 192 Å². The van der Waals surface area contributed by atoms with Crippen LogP contribution in [0.3, 0.4) is 0 Å². The van der Waals surface area contributed by atoms with Gasteiger partial charge in [0.25, 0.3) is 0 Å². The van der Waals surface area contributed by atoms with Crippen LogP contribution in [-0.2, 0) is 21.1 Å². The van der Waals surface area contributed by atoms with Gasteiger partial charge in [0.05, 0.1) is 26.8 Å². The highest BCUT2D eigenvalue weighted by Gasteiger charge is 2.22. The molecule has 0 bridgehead atoms. The largest absolute Gasteiger partial charge is 0.308 e. The summed E-state index contributed by atoms with van der Waals surface area (Å²) in [6, 6.07) is 12.0. The van der Waals surface area contributed by atoms with Gasteiger partial charge in [0, 0.05) is 18.1 Å². The summed E-state index contributed by atoms with van der Waals surface area (Å²) in [5.74, 6) is -0.0912. The van der Waals surface area contributed by atoms with Crippen molar-refractivity contribution < 1.29 is 13.2 Å². The van der Waals surface area contributed by atoms with E-state index in [0.29, 0.717) is 23.2 Å². The number of rotatable bonds is 8. The first-order chi connectivity index (χ1) is 14.6. The van der Waals surface area contributed by atoms with Crippen LogP contribution in [0.4, 0.5) is 5.13 Å².